The Morgan fingerprint density at radius 1 is 1.17 bits per heavy atom. The Kier molecular flexibility index (Phi) is 3.89. The molecule has 3 amide bonds. The number of carbonyl (C=O) groups is 3. The van der Waals surface area contributed by atoms with Gasteiger partial charge < -0.3 is 5.32 Å². The highest BCUT2D eigenvalue weighted by molar-refractivity contribution is 6.33. The first-order valence-corrected chi connectivity index (χ1v) is 7.35. The number of hydrogen-bond acceptors (Lipinski definition) is 4. The van der Waals surface area contributed by atoms with Gasteiger partial charge in [0.25, 0.3) is 11.8 Å². The fraction of sp³-hybridized carbons (Fsp3) is 0.176. The van der Waals surface area contributed by atoms with Crippen molar-refractivity contribution >= 4 is 29.1 Å². The summed E-state index contributed by atoms with van der Waals surface area (Å²) in [5.41, 5.74) is 1.40. The van der Waals surface area contributed by atoms with Crippen LogP contribution in [-0.4, -0.2) is 22.7 Å². The molecule has 0 saturated carbocycles. The van der Waals surface area contributed by atoms with Crippen molar-refractivity contribution in [1.82, 2.24) is 4.98 Å². The number of nitrogens with one attached hydrogen (secondary N) is 1. The number of rotatable bonds is 4. The van der Waals surface area contributed by atoms with Crippen molar-refractivity contribution in [3.05, 3.63) is 53.9 Å². The lowest BCUT2D eigenvalue weighted by molar-refractivity contribution is -0.116. The van der Waals surface area contributed by atoms with E-state index in [1.807, 2.05) is 6.92 Å². The molecule has 1 aromatic carbocycles. The fourth-order valence-electron chi connectivity index (χ4n) is 2.47. The summed E-state index contributed by atoms with van der Waals surface area (Å²) in [6.45, 7) is 1.92. The van der Waals surface area contributed by atoms with E-state index in [2.05, 4.69) is 10.3 Å². The van der Waals surface area contributed by atoms with E-state index < -0.39 is 11.8 Å². The third-order valence-electron chi connectivity index (χ3n) is 3.51. The van der Waals surface area contributed by atoms with Crippen LogP contribution in [0.25, 0.3) is 0 Å². The number of imide groups is 1. The summed E-state index contributed by atoms with van der Waals surface area (Å²) in [4.78, 5) is 41.6. The number of fused-ring (bicyclic) bond motifs is 1. The van der Waals surface area contributed by atoms with Crippen LogP contribution in [0.15, 0.2) is 42.6 Å². The van der Waals surface area contributed by atoms with Crippen LogP contribution in [0.1, 0.15) is 40.6 Å². The van der Waals surface area contributed by atoms with Crippen molar-refractivity contribution in [1.29, 1.82) is 0 Å². The van der Waals surface area contributed by atoms with Crippen LogP contribution in [0.4, 0.5) is 11.4 Å². The number of hydrogen-bond donors (Lipinski definition) is 1. The lowest BCUT2D eigenvalue weighted by Crippen LogP contribution is -2.29. The summed E-state index contributed by atoms with van der Waals surface area (Å²) < 4.78 is 0. The van der Waals surface area contributed by atoms with Crippen molar-refractivity contribution in [3.8, 4) is 0 Å². The van der Waals surface area contributed by atoms with E-state index >= 15 is 0 Å². The van der Waals surface area contributed by atoms with Crippen molar-refractivity contribution in [2.45, 2.75) is 19.8 Å². The maximum Gasteiger partial charge on any atom is 0.284 e. The molecule has 0 unspecified atom stereocenters. The first-order chi connectivity index (χ1) is 11.1. The van der Waals surface area contributed by atoms with Gasteiger partial charge in [0, 0.05) is 18.3 Å². The van der Waals surface area contributed by atoms with Gasteiger partial charge in [-0.15, -0.1) is 0 Å². The number of aromatic nitrogens is 1. The van der Waals surface area contributed by atoms with Crippen molar-refractivity contribution in [2.24, 2.45) is 0 Å². The third-order valence-corrected chi connectivity index (χ3v) is 3.51. The van der Waals surface area contributed by atoms with Crippen LogP contribution in [0.3, 0.4) is 0 Å². The molecule has 0 fully saturated rings. The Hall–Kier alpha value is -3.02. The molecule has 2 aromatic rings. The van der Waals surface area contributed by atoms with Crippen LogP contribution >= 0.6 is 0 Å². The molecular formula is C17H15N3O3. The Morgan fingerprint density at radius 2 is 2.00 bits per heavy atom. The fourth-order valence-corrected chi connectivity index (χ4v) is 2.47. The molecule has 1 aliphatic heterocycles. The highest BCUT2D eigenvalue weighted by atomic mass is 16.2. The smallest absolute Gasteiger partial charge is 0.284 e. The van der Waals surface area contributed by atoms with Gasteiger partial charge in [-0.1, -0.05) is 13.0 Å². The minimum Gasteiger partial charge on any atom is -0.326 e. The van der Waals surface area contributed by atoms with Gasteiger partial charge in [-0.25, -0.2) is 4.90 Å². The summed E-state index contributed by atoms with van der Waals surface area (Å²) >= 11 is 0. The van der Waals surface area contributed by atoms with Gasteiger partial charge in [-0.3, -0.25) is 19.4 Å². The summed E-state index contributed by atoms with van der Waals surface area (Å²) in [5, 5.41) is 2.75. The molecule has 6 nitrogen and oxygen atoms in total. The molecule has 6 heteroatoms. The molecule has 0 spiro atoms. The van der Waals surface area contributed by atoms with Gasteiger partial charge in [0.1, 0.15) is 5.69 Å². The molecule has 116 valence electrons. The molecule has 1 aliphatic rings. The topological polar surface area (TPSA) is 79.4 Å². The SMILES string of the molecule is CCCC(=O)Nc1cccc(N2C(=O)c3cccnc3C2=O)c1. The Morgan fingerprint density at radius 3 is 2.74 bits per heavy atom. The summed E-state index contributed by atoms with van der Waals surface area (Å²) in [6, 6.07) is 9.86. The average molecular weight is 309 g/mol. The Bertz CT molecular complexity index is 766. The van der Waals surface area contributed by atoms with E-state index in [-0.39, 0.29) is 17.2 Å². The quantitative estimate of drug-likeness (QED) is 0.880. The second kappa shape index (κ2) is 6.00. The number of pyridine rings is 1. The number of amides is 3. The zero-order valence-electron chi connectivity index (χ0n) is 12.6. The molecule has 0 saturated heterocycles. The van der Waals surface area contributed by atoms with Gasteiger partial charge in [-0.2, -0.15) is 0 Å². The maximum absolute atomic E-state index is 12.4. The van der Waals surface area contributed by atoms with E-state index in [9.17, 15) is 14.4 Å². The summed E-state index contributed by atoms with van der Waals surface area (Å²) in [6.07, 6.45) is 2.64. The molecular weight excluding hydrogens is 294 g/mol. The minimum atomic E-state index is -0.456. The number of anilines is 2. The Balaban J connectivity index is 1.90. The zero-order chi connectivity index (χ0) is 16.4. The second-order valence-corrected chi connectivity index (χ2v) is 5.19. The van der Waals surface area contributed by atoms with E-state index in [1.165, 1.54) is 6.20 Å². The molecule has 2 heterocycles. The van der Waals surface area contributed by atoms with Gasteiger partial charge in [0.2, 0.25) is 5.91 Å². The molecule has 0 aliphatic carbocycles. The molecule has 0 atom stereocenters. The normalized spacial score (nSPS) is 13.2. The lowest BCUT2D eigenvalue weighted by Gasteiger charge is -2.15. The maximum atomic E-state index is 12.4. The van der Waals surface area contributed by atoms with Crippen LogP contribution < -0.4 is 10.2 Å². The first kappa shape index (κ1) is 14.9. The van der Waals surface area contributed by atoms with E-state index in [1.54, 1.807) is 36.4 Å². The predicted molar refractivity (Wildman–Crippen MR) is 85.4 cm³/mol. The monoisotopic (exact) mass is 309 g/mol. The first-order valence-electron chi connectivity index (χ1n) is 7.35. The second-order valence-electron chi connectivity index (χ2n) is 5.19. The molecule has 1 N–H and O–H groups in total. The number of carbonyl (C=O) groups excluding carboxylic acids is 3. The zero-order valence-corrected chi connectivity index (χ0v) is 12.6. The molecule has 3 rings (SSSR count). The van der Waals surface area contributed by atoms with Crippen LogP contribution in [-0.2, 0) is 4.79 Å². The van der Waals surface area contributed by atoms with Crippen LogP contribution in [0.2, 0.25) is 0 Å². The van der Waals surface area contributed by atoms with E-state index in [0.717, 1.165) is 11.3 Å². The summed E-state index contributed by atoms with van der Waals surface area (Å²) in [7, 11) is 0. The van der Waals surface area contributed by atoms with E-state index in [4.69, 9.17) is 0 Å². The number of benzene rings is 1. The minimum absolute atomic E-state index is 0.103. The standard InChI is InChI=1S/C17H15N3O3/c1-2-5-14(21)19-11-6-3-7-12(10-11)20-16(22)13-8-4-9-18-15(13)17(20)23/h3-4,6-10H,2,5H2,1H3,(H,19,21). The molecule has 23 heavy (non-hydrogen) atoms. The lowest BCUT2D eigenvalue weighted by atomic mass is 10.2. The molecule has 1 aromatic heterocycles. The van der Waals surface area contributed by atoms with Gasteiger partial charge in [0.05, 0.1) is 11.3 Å². The third kappa shape index (κ3) is 2.70. The molecule has 0 bridgehead atoms. The van der Waals surface area contributed by atoms with Gasteiger partial charge in [-0.05, 0) is 36.8 Å². The van der Waals surface area contributed by atoms with Gasteiger partial charge in [0.15, 0.2) is 0 Å². The number of nitrogens with zero attached hydrogens (tertiary/aromatic N) is 2. The highest BCUT2D eigenvalue weighted by Gasteiger charge is 2.37. The largest absolute Gasteiger partial charge is 0.326 e. The van der Waals surface area contributed by atoms with Gasteiger partial charge >= 0.3 is 0 Å². The highest BCUT2D eigenvalue weighted by Crippen LogP contribution is 2.28. The van der Waals surface area contributed by atoms with E-state index in [0.29, 0.717) is 17.8 Å². The van der Waals surface area contributed by atoms with Crippen molar-refractivity contribution in [3.63, 3.8) is 0 Å². The van der Waals surface area contributed by atoms with Crippen LogP contribution in [0.5, 0.6) is 0 Å². The average Bonchev–Trinajstić information content (AvgIpc) is 2.80. The summed E-state index contributed by atoms with van der Waals surface area (Å²) in [5.74, 6) is -0.966. The van der Waals surface area contributed by atoms with Crippen molar-refractivity contribution < 1.29 is 14.4 Å². The van der Waals surface area contributed by atoms with Crippen molar-refractivity contribution in [2.75, 3.05) is 10.2 Å². The Labute approximate surface area is 133 Å². The molecule has 0 radical (unpaired) electrons. The van der Waals surface area contributed by atoms with Crippen LogP contribution in [0, 0.1) is 0 Å². The predicted octanol–water partition coefficient (Wildman–Crippen LogP) is 2.62.